The van der Waals surface area contributed by atoms with Gasteiger partial charge in [0.25, 0.3) is 0 Å². The van der Waals surface area contributed by atoms with Gasteiger partial charge in [0.05, 0.1) is 29.0 Å². The first-order valence-electron chi connectivity index (χ1n) is 10.2. The number of nitrogens with one attached hydrogen (secondary N) is 2. The van der Waals surface area contributed by atoms with Crippen LogP contribution in [0.5, 0.6) is 0 Å². The number of fused-ring (bicyclic) bond motifs is 1. The van der Waals surface area contributed by atoms with E-state index < -0.39 is 9.73 Å². The number of aromatic amines is 1. The fourth-order valence-corrected chi connectivity index (χ4v) is 5.66. The maximum atomic E-state index is 13.2. The number of anilines is 1. The molecule has 2 saturated heterocycles. The van der Waals surface area contributed by atoms with E-state index in [9.17, 15) is 4.21 Å². The number of nitrogens with zero attached hydrogens (tertiary/aromatic N) is 5. The van der Waals surface area contributed by atoms with Crippen LogP contribution in [-0.2, 0) is 14.5 Å². The van der Waals surface area contributed by atoms with Gasteiger partial charge in [0.15, 0.2) is 11.6 Å². The van der Waals surface area contributed by atoms with Gasteiger partial charge in [-0.1, -0.05) is 0 Å². The fourth-order valence-electron chi connectivity index (χ4n) is 3.91. The van der Waals surface area contributed by atoms with Crippen molar-refractivity contribution in [3.8, 4) is 11.4 Å². The molecular formula is C20H25N7O2S. The Bertz CT molecular complexity index is 1170. The van der Waals surface area contributed by atoms with E-state index in [1.54, 1.807) is 6.20 Å². The minimum Gasteiger partial charge on any atom is -0.377 e. The second-order valence-corrected chi connectivity index (χ2v) is 10.2. The van der Waals surface area contributed by atoms with Crippen molar-refractivity contribution >= 4 is 32.4 Å². The first-order chi connectivity index (χ1) is 14.6. The molecule has 158 valence electrons. The third-order valence-corrected chi connectivity index (χ3v) is 7.72. The molecule has 5 rings (SSSR count). The van der Waals surface area contributed by atoms with E-state index in [1.807, 2.05) is 24.4 Å². The van der Waals surface area contributed by atoms with E-state index in [2.05, 4.69) is 31.5 Å². The Hall–Kier alpha value is -2.56. The van der Waals surface area contributed by atoms with Crippen LogP contribution >= 0.6 is 0 Å². The summed E-state index contributed by atoms with van der Waals surface area (Å²) in [6, 6.07) is 5.92. The van der Waals surface area contributed by atoms with Gasteiger partial charge < -0.3 is 19.9 Å². The van der Waals surface area contributed by atoms with Gasteiger partial charge in [0.1, 0.15) is 11.5 Å². The average molecular weight is 428 g/mol. The lowest BCUT2D eigenvalue weighted by atomic mass is 10.1. The fraction of sp³-hybridized carbons (Fsp3) is 0.450. The summed E-state index contributed by atoms with van der Waals surface area (Å²) < 4.78 is 23.5. The van der Waals surface area contributed by atoms with Crippen molar-refractivity contribution in [2.24, 2.45) is 4.36 Å². The summed E-state index contributed by atoms with van der Waals surface area (Å²) in [7, 11) is -2.32. The Morgan fingerprint density at radius 1 is 1.27 bits per heavy atom. The van der Waals surface area contributed by atoms with Crippen LogP contribution in [0.3, 0.4) is 0 Å². The topological polar surface area (TPSA) is 108 Å². The van der Waals surface area contributed by atoms with Crippen LogP contribution < -0.4 is 10.2 Å². The molecule has 0 bridgehead atoms. The van der Waals surface area contributed by atoms with Gasteiger partial charge in [-0.3, -0.25) is 0 Å². The molecule has 10 heteroatoms. The molecule has 0 amide bonds. The largest absolute Gasteiger partial charge is 0.377 e. The minimum absolute atomic E-state index is 0.187. The lowest BCUT2D eigenvalue weighted by molar-refractivity contribution is 0.0985. The number of H-pyrrole nitrogens is 1. The van der Waals surface area contributed by atoms with E-state index in [-0.39, 0.29) is 6.04 Å². The predicted molar refractivity (Wildman–Crippen MR) is 118 cm³/mol. The first-order valence-corrected chi connectivity index (χ1v) is 12.1. The summed E-state index contributed by atoms with van der Waals surface area (Å²) in [5.74, 6) is 2.89. The highest BCUT2D eigenvalue weighted by Crippen LogP contribution is 2.30. The Morgan fingerprint density at radius 2 is 2.13 bits per heavy atom. The Labute approximate surface area is 175 Å². The van der Waals surface area contributed by atoms with E-state index in [0.717, 1.165) is 29.0 Å². The average Bonchev–Trinajstić information content (AvgIpc) is 3.23. The zero-order valence-corrected chi connectivity index (χ0v) is 17.7. The van der Waals surface area contributed by atoms with E-state index in [0.29, 0.717) is 49.5 Å². The SMILES string of the molecule is C[C@@H]1COCCN1c1cc(N=S2(=O)CCNCC2)nc(-c2ccnc3[nH]ccc23)n1. The van der Waals surface area contributed by atoms with Crippen LogP contribution in [0.25, 0.3) is 22.4 Å². The number of hydrogen-bond acceptors (Lipinski definition) is 8. The molecule has 2 aliphatic rings. The number of pyridine rings is 1. The summed E-state index contributed by atoms with van der Waals surface area (Å²) in [5.41, 5.74) is 1.66. The summed E-state index contributed by atoms with van der Waals surface area (Å²) in [6.07, 6.45) is 3.59. The summed E-state index contributed by atoms with van der Waals surface area (Å²) in [5, 5.41) is 4.19. The highest BCUT2D eigenvalue weighted by atomic mass is 32.2. The van der Waals surface area contributed by atoms with Crippen LogP contribution in [0.1, 0.15) is 6.92 Å². The molecule has 0 saturated carbocycles. The Morgan fingerprint density at radius 3 is 2.97 bits per heavy atom. The van der Waals surface area contributed by atoms with Gasteiger partial charge in [0.2, 0.25) is 0 Å². The summed E-state index contributed by atoms with van der Waals surface area (Å²) in [6.45, 7) is 5.57. The van der Waals surface area contributed by atoms with Crippen molar-refractivity contribution in [2.45, 2.75) is 13.0 Å². The molecule has 2 N–H and O–H groups in total. The molecule has 0 aromatic carbocycles. The molecule has 9 nitrogen and oxygen atoms in total. The molecule has 30 heavy (non-hydrogen) atoms. The van der Waals surface area contributed by atoms with E-state index >= 15 is 0 Å². The second-order valence-electron chi connectivity index (χ2n) is 7.65. The van der Waals surface area contributed by atoms with Gasteiger partial charge in [-0.15, -0.1) is 0 Å². The van der Waals surface area contributed by atoms with Crippen LogP contribution in [0.2, 0.25) is 0 Å². The van der Waals surface area contributed by atoms with Gasteiger partial charge in [-0.25, -0.2) is 19.2 Å². The summed E-state index contributed by atoms with van der Waals surface area (Å²) in [4.78, 5) is 19.3. The predicted octanol–water partition coefficient (Wildman–Crippen LogP) is 1.95. The zero-order valence-electron chi connectivity index (χ0n) is 16.9. The smallest absolute Gasteiger partial charge is 0.167 e. The maximum Gasteiger partial charge on any atom is 0.167 e. The van der Waals surface area contributed by atoms with Crippen molar-refractivity contribution in [2.75, 3.05) is 49.3 Å². The number of rotatable bonds is 3. The quantitative estimate of drug-likeness (QED) is 0.658. The molecule has 0 aliphatic carbocycles. The Balaban J connectivity index is 1.66. The molecule has 3 aromatic heterocycles. The lowest BCUT2D eigenvalue weighted by Gasteiger charge is -2.34. The van der Waals surface area contributed by atoms with Crippen LogP contribution in [-0.4, -0.2) is 74.5 Å². The van der Waals surface area contributed by atoms with Crippen LogP contribution in [0, 0.1) is 0 Å². The van der Waals surface area contributed by atoms with Gasteiger partial charge >= 0.3 is 0 Å². The van der Waals surface area contributed by atoms with Crippen molar-refractivity contribution < 1.29 is 8.95 Å². The monoisotopic (exact) mass is 427 g/mol. The number of aromatic nitrogens is 4. The number of morpholine rings is 1. The number of ether oxygens (including phenoxy) is 1. The number of hydrogen-bond donors (Lipinski definition) is 2. The first kappa shape index (κ1) is 19.4. The Kier molecular flexibility index (Phi) is 5.13. The van der Waals surface area contributed by atoms with E-state index in [1.165, 1.54) is 0 Å². The molecule has 5 heterocycles. The third kappa shape index (κ3) is 3.78. The molecule has 2 aliphatic heterocycles. The molecule has 3 aromatic rings. The molecule has 0 radical (unpaired) electrons. The zero-order chi connectivity index (χ0) is 20.6. The van der Waals surface area contributed by atoms with Crippen molar-refractivity contribution in [1.82, 2.24) is 25.3 Å². The maximum absolute atomic E-state index is 13.2. The van der Waals surface area contributed by atoms with Crippen molar-refractivity contribution in [1.29, 1.82) is 0 Å². The highest BCUT2D eigenvalue weighted by molar-refractivity contribution is 7.93. The van der Waals surface area contributed by atoms with Gasteiger partial charge in [0, 0.05) is 60.5 Å². The third-order valence-electron chi connectivity index (χ3n) is 5.52. The van der Waals surface area contributed by atoms with Crippen LogP contribution in [0.15, 0.2) is 35.0 Å². The second kappa shape index (κ2) is 7.93. The van der Waals surface area contributed by atoms with Gasteiger partial charge in [-0.2, -0.15) is 4.36 Å². The highest BCUT2D eigenvalue weighted by Gasteiger charge is 2.23. The van der Waals surface area contributed by atoms with E-state index in [4.69, 9.17) is 14.7 Å². The molecule has 1 atom stereocenters. The van der Waals surface area contributed by atoms with Crippen LogP contribution in [0.4, 0.5) is 11.6 Å². The normalized spacial score (nSPS) is 21.6. The standard InChI is InChI=1S/C20H25N7O2S/c1-14-13-29-9-8-27(14)18-12-17(26-30(28)10-6-21-7-11-30)24-20(25-18)16-3-5-23-19-15(16)2-4-22-19/h2-5,12,14,21H,6-11,13H2,1H3,(H,22,23)/t14-/m1/s1. The lowest BCUT2D eigenvalue weighted by Crippen LogP contribution is -2.44. The molecule has 0 spiro atoms. The van der Waals surface area contributed by atoms with Gasteiger partial charge in [-0.05, 0) is 19.1 Å². The molecule has 2 fully saturated rings. The van der Waals surface area contributed by atoms with Crippen molar-refractivity contribution in [3.05, 3.63) is 30.6 Å². The minimum atomic E-state index is -2.32. The van der Waals surface area contributed by atoms with Crippen molar-refractivity contribution in [3.63, 3.8) is 0 Å². The molecular weight excluding hydrogens is 402 g/mol. The molecule has 0 unspecified atom stereocenters. The summed E-state index contributed by atoms with van der Waals surface area (Å²) >= 11 is 0.